The van der Waals surface area contributed by atoms with Crippen LogP contribution in [0, 0.1) is 0 Å². The predicted molar refractivity (Wildman–Crippen MR) is 86.0 cm³/mol. The molecule has 0 radical (unpaired) electrons. The lowest BCUT2D eigenvalue weighted by atomic mass is 10.1. The van der Waals surface area contributed by atoms with Gasteiger partial charge in [0.25, 0.3) is 0 Å². The molecule has 0 aliphatic carbocycles. The highest BCUT2D eigenvalue weighted by Crippen LogP contribution is 2.15. The molecule has 0 saturated heterocycles. The van der Waals surface area contributed by atoms with Gasteiger partial charge in [-0.1, -0.05) is 44.7 Å². The van der Waals surface area contributed by atoms with E-state index in [1.807, 2.05) is 18.2 Å². The average Bonchev–Trinajstić information content (AvgIpc) is 2.49. The van der Waals surface area contributed by atoms with Crippen LogP contribution in [0.3, 0.4) is 0 Å². The summed E-state index contributed by atoms with van der Waals surface area (Å²) in [5.74, 6) is -0.285. The molecular weight excluding hydrogens is 280 g/mol. The zero-order chi connectivity index (χ0) is 16.2. The number of carbonyl (C=O) groups is 2. The summed E-state index contributed by atoms with van der Waals surface area (Å²) in [6.45, 7) is 2.07. The van der Waals surface area contributed by atoms with Crippen molar-refractivity contribution in [3.8, 4) is 5.75 Å². The minimum Gasteiger partial charge on any atom is -0.481 e. The molecule has 0 aliphatic heterocycles. The van der Waals surface area contributed by atoms with Gasteiger partial charge >= 0.3 is 11.9 Å². The number of carbonyl (C=O) groups excluding carboxylic acids is 1. The molecule has 4 heteroatoms. The summed E-state index contributed by atoms with van der Waals surface area (Å²) in [6, 6.07) is 7.63. The van der Waals surface area contributed by atoms with Crippen molar-refractivity contribution < 1.29 is 19.4 Å². The van der Waals surface area contributed by atoms with Crippen LogP contribution in [0.25, 0.3) is 0 Å². The molecule has 0 unspecified atom stereocenters. The van der Waals surface area contributed by atoms with E-state index in [1.165, 1.54) is 0 Å². The number of hydrogen-bond donors (Lipinski definition) is 1. The zero-order valence-electron chi connectivity index (χ0n) is 13.3. The third-order valence-corrected chi connectivity index (χ3v) is 3.56. The van der Waals surface area contributed by atoms with Gasteiger partial charge in [-0.2, -0.15) is 0 Å². The smallest absolute Gasteiger partial charge is 0.311 e. The summed E-state index contributed by atoms with van der Waals surface area (Å²) in [5, 5.41) is 8.52. The molecule has 0 atom stereocenters. The third kappa shape index (κ3) is 8.45. The molecule has 1 rings (SSSR count). The van der Waals surface area contributed by atoms with Gasteiger partial charge in [-0.15, -0.1) is 0 Å². The van der Waals surface area contributed by atoms with Crippen molar-refractivity contribution in [3.05, 3.63) is 29.8 Å². The molecule has 0 aliphatic rings. The number of aliphatic carboxylic acids is 1. The van der Waals surface area contributed by atoms with Gasteiger partial charge in [-0.3, -0.25) is 9.59 Å². The van der Waals surface area contributed by atoms with Gasteiger partial charge in [0.2, 0.25) is 0 Å². The van der Waals surface area contributed by atoms with Crippen molar-refractivity contribution in [3.63, 3.8) is 0 Å². The van der Waals surface area contributed by atoms with E-state index in [9.17, 15) is 9.59 Å². The summed E-state index contributed by atoms with van der Waals surface area (Å²) < 4.78 is 5.32. The molecule has 0 fully saturated rings. The number of esters is 1. The van der Waals surface area contributed by atoms with E-state index in [2.05, 4.69) is 6.92 Å². The molecular formula is C18H26O4. The Morgan fingerprint density at radius 2 is 1.64 bits per heavy atom. The maximum Gasteiger partial charge on any atom is 0.311 e. The van der Waals surface area contributed by atoms with E-state index in [-0.39, 0.29) is 12.4 Å². The summed E-state index contributed by atoms with van der Waals surface area (Å²) in [7, 11) is 0. The van der Waals surface area contributed by atoms with Crippen molar-refractivity contribution in [1.82, 2.24) is 0 Å². The summed E-state index contributed by atoms with van der Waals surface area (Å²) in [5.41, 5.74) is 1.16. The molecule has 0 amide bonds. The van der Waals surface area contributed by atoms with Crippen molar-refractivity contribution >= 4 is 11.9 Å². The fourth-order valence-corrected chi connectivity index (χ4v) is 2.26. The van der Waals surface area contributed by atoms with Crippen molar-refractivity contribution in [2.45, 2.75) is 64.7 Å². The largest absolute Gasteiger partial charge is 0.481 e. The van der Waals surface area contributed by atoms with Crippen LogP contribution in [-0.4, -0.2) is 17.0 Å². The van der Waals surface area contributed by atoms with Gasteiger partial charge in [0, 0.05) is 12.8 Å². The summed E-state index contributed by atoms with van der Waals surface area (Å²) >= 11 is 0. The van der Waals surface area contributed by atoms with Crippen LogP contribution in [0.4, 0.5) is 0 Å². The van der Waals surface area contributed by atoms with E-state index < -0.39 is 5.97 Å². The Bertz CT molecular complexity index is 468. The van der Waals surface area contributed by atoms with Crippen molar-refractivity contribution in [2.24, 2.45) is 0 Å². The first-order valence-corrected chi connectivity index (χ1v) is 8.13. The molecule has 0 aromatic heterocycles. The number of unbranched alkanes of at least 4 members (excludes halogenated alkanes) is 5. The number of carboxylic acid groups (broad SMARTS) is 1. The normalized spacial score (nSPS) is 10.4. The number of hydrogen-bond acceptors (Lipinski definition) is 3. The highest BCUT2D eigenvalue weighted by molar-refractivity contribution is 5.72. The number of carboxylic acids is 1. The van der Waals surface area contributed by atoms with Crippen molar-refractivity contribution in [1.29, 1.82) is 0 Å². The Kier molecular flexibility index (Phi) is 8.96. The fourth-order valence-electron chi connectivity index (χ4n) is 2.26. The topological polar surface area (TPSA) is 63.6 Å². The van der Waals surface area contributed by atoms with Crippen LogP contribution < -0.4 is 4.74 Å². The van der Waals surface area contributed by atoms with Gasteiger partial charge in [0.05, 0.1) is 0 Å². The molecule has 4 nitrogen and oxygen atoms in total. The van der Waals surface area contributed by atoms with Crippen LogP contribution in [0.5, 0.6) is 5.75 Å². The van der Waals surface area contributed by atoms with Crippen LogP contribution in [0.2, 0.25) is 0 Å². The summed E-state index contributed by atoms with van der Waals surface area (Å²) in [4.78, 5) is 22.1. The fraction of sp³-hybridized carbons (Fsp3) is 0.556. The van der Waals surface area contributed by atoms with Crippen LogP contribution in [0.15, 0.2) is 24.3 Å². The van der Waals surface area contributed by atoms with E-state index in [0.29, 0.717) is 12.2 Å². The number of benzene rings is 1. The van der Waals surface area contributed by atoms with Crippen LogP contribution in [0.1, 0.15) is 63.9 Å². The monoisotopic (exact) mass is 306 g/mol. The first-order valence-electron chi connectivity index (χ1n) is 8.13. The number of ether oxygens (including phenoxy) is 1. The first-order chi connectivity index (χ1) is 10.6. The lowest BCUT2D eigenvalue weighted by Gasteiger charge is -2.06. The van der Waals surface area contributed by atoms with Crippen molar-refractivity contribution in [2.75, 3.05) is 0 Å². The quantitative estimate of drug-likeness (QED) is 0.375. The predicted octanol–water partition coefficient (Wildman–Crippen LogP) is 4.36. The number of aryl methyl sites for hydroxylation is 1. The SMILES string of the molecule is CCc1cccc(OC(=O)CCCCCCCCC(=O)O)c1. The Balaban J connectivity index is 2.07. The van der Waals surface area contributed by atoms with Gasteiger partial charge in [0.1, 0.15) is 5.75 Å². The number of rotatable bonds is 11. The van der Waals surface area contributed by atoms with Gasteiger partial charge < -0.3 is 9.84 Å². The zero-order valence-corrected chi connectivity index (χ0v) is 13.3. The second-order valence-electron chi connectivity index (χ2n) is 5.49. The minimum absolute atomic E-state index is 0.181. The first kappa shape index (κ1) is 18.2. The van der Waals surface area contributed by atoms with E-state index >= 15 is 0 Å². The Morgan fingerprint density at radius 1 is 1.00 bits per heavy atom. The standard InChI is InChI=1S/C18H26O4/c1-2-15-10-9-11-16(14-15)22-18(21)13-8-6-4-3-5-7-12-17(19)20/h9-11,14H,2-8,12-13H2,1H3,(H,19,20). The van der Waals surface area contributed by atoms with Crippen LogP contribution >= 0.6 is 0 Å². The van der Waals surface area contributed by atoms with Gasteiger partial charge in [0.15, 0.2) is 0 Å². The van der Waals surface area contributed by atoms with Gasteiger partial charge in [-0.05, 0) is 37.0 Å². The molecule has 1 aromatic carbocycles. The van der Waals surface area contributed by atoms with E-state index in [0.717, 1.165) is 50.5 Å². The van der Waals surface area contributed by atoms with E-state index in [4.69, 9.17) is 9.84 Å². The second-order valence-corrected chi connectivity index (χ2v) is 5.49. The van der Waals surface area contributed by atoms with E-state index in [1.54, 1.807) is 6.07 Å². The average molecular weight is 306 g/mol. The molecule has 0 heterocycles. The summed E-state index contributed by atoms with van der Waals surface area (Å²) in [6.07, 6.45) is 7.18. The maximum absolute atomic E-state index is 11.7. The Morgan fingerprint density at radius 3 is 2.27 bits per heavy atom. The molecule has 0 saturated carbocycles. The van der Waals surface area contributed by atoms with Crippen LogP contribution in [-0.2, 0) is 16.0 Å². The van der Waals surface area contributed by atoms with Gasteiger partial charge in [-0.25, -0.2) is 0 Å². The Labute approximate surface area is 132 Å². The minimum atomic E-state index is -0.727. The third-order valence-electron chi connectivity index (χ3n) is 3.56. The molecule has 22 heavy (non-hydrogen) atoms. The highest BCUT2D eigenvalue weighted by atomic mass is 16.5. The lowest BCUT2D eigenvalue weighted by molar-refractivity contribution is -0.137. The lowest BCUT2D eigenvalue weighted by Crippen LogP contribution is -2.07. The maximum atomic E-state index is 11.7. The Hall–Kier alpha value is -1.84. The molecule has 1 N–H and O–H groups in total. The molecule has 0 bridgehead atoms. The molecule has 122 valence electrons. The highest BCUT2D eigenvalue weighted by Gasteiger charge is 2.05. The molecule has 1 aromatic rings. The molecule has 0 spiro atoms. The second kappa shape index (κ2) is 10.8.